The van der Waals surface area contributed by atoms with Crippen LogP contribution in [0.4, 0.5) is 4.79 Å². The van der Waals surface area contributed by atoms with E-state index in [1.807, 2.05) is 12.1 Å². The van der Waals surface area contributed by atoms with Crippen LogP contribution in [0.2, 0.25) is 0 Å². The lowest BCUT2D eigenvalue weighted by Gasteiger charge is -2.23. The molecule has 0 amide bonds. The average molecular weight is 411 g/mol. The molecule has 2 aromatic rings. The molecule has 4 nitrogen and oxygen atoms in total. The van der Waals surface area contributed by atoms with Crippen LogP contribution in [-0.4, -0.2) is 17.4 Å². The molecule has 3 rings (SSSR count). The second-order valence-electron chi connectivity index (χ2n) is 8.90. The quantitative estimate of drug-likeness (QED) is 0.495. The largest absolute Gasteiger partial charge is 0.506 e. The molecule has 1 unspecified atom stereocenters. The Kier molecular flexibility index (Phi) is 7.06. The lowest BCUT2D eigenvalue weighted by atomic mass is 9.84. The van der Waals surface area contributed by atoms with Gasteiger partial charge in [-0.25, -0.2) is 4.79 Å². The fourth-order valence-electron chi connectivity index (χ4n) is 4.72. The van der Waals surface area contributed by atoms with Crippen molar-refractivity contribution in [2.24, 2.45) is 0 Å². The first kappa shape index (κ1) is 22.2. The highest BCUT2D eigenvalue weighted by molar-refractivity contribution is 5.57. The summed E-state index contributed by atoms with van der Waals surface area (Å²) < 4.78 is 11.1. The van der Waals surface area contributed by atoms with Gasteiger partial charge < -0.3 is 14.6 Å². The van der Waals surface area contributed by atoms with Crippen molar-refractivity contribution in [2.45, 2.75) is 84.8 Å². The van der Waals surface area contributed by atoms with Crippen LogP contribution in [-0.2, 0) is 11.3 Å². The van der Waals surface area contributed by atoms with Crippen molar-refractivity contribution in [3.8, 4) is 5.75 Å². The predicted molar refractivity (Wildman–Crippen MR) is 120 cm³/mol. The first-order valence-corrected chi connectivity index (χ1v) is 11.0. The van der Waals surface area contributed by atoms with E-state index in [-0.39, 0.29) is 12.5 Å². The molecule has 1 aliphatic carbocycles. The number of rotatable bonds is 7. The highest BCUT2D eigenvalue weighted by atomic mass is 16.7. The third-order valence-corrected chi connectivity index (χ3v) is 6.20. The molecule has 0 aliphatic heterocycles. The Morgan fingerprint density at radius 1 is 1.07 bits per heavy atom. The molecule has 2 aromatic carbocycles. The van der Waals surface area contributed by atoms with Gasteiger partial charge in [-0.3, -0.25) is 0 Å². The maximum Gasteiger partial charge on any atom is 0.506 e. The summed E-state index contributed by atoms with van der Waals surface area (Å²) in [6.07, 6.45) is 3.96. The average Bonchev–Trinajstić information content (AvgIpc) is 3.19. The first-order chi connectivity index (χ1) is 14.3. The molecule has 1 atom stereocenters. The van der Waals surface area contributed by atoms with E-state index in [0.29, 0.717) is 12.0 Å². The van der Waals surface area contributed by atoms with Crippen molar-refractivity contribution in [2.75, 3.05) is 0 Å². The molecule has 1 saturated carbocycles. The van der Waals surface area contributed by atoms with Crippen molar-refractivity contribution >= 4 is 6.16 Å². The molecule has 0 saturated heterocycles. The topological polar surface area (TPSA) is 55.8 Å². The number of hydrogen-bond donors (Lipinski definition) is 1. The van der Waals surface area contributed by atoms with Gasteiger partial charge in [-0.05, 0) is 84.9 Å². The summed E-state index contributed by atoms with van der Waals surface area (Å²) in [4.78, 5) is 10.7. The zero-order valence-corrected chi connectivity index (χ0v) is 18.8. The minimum absolute atomic E-state index is 0.0797. The first-order valence-electron chi connectivity index (χ1n) is 11.0. The SMILES string of the molecule is Cc1cc(COC(=O)O)cc(C)c1C(C)c1ccc(OC2CCCC2)c(C(C)C)c1. The molecule has 30 heavy (non-hydrogen) atoms. The van der Waals surface area contributed by atoms with Gasteiger partial charge in [0.25, 0.3) is 0 Å². The molecule has 0 heterocycles. The van der Waals surface area contributed by atoms with Crippen LogP contribution in [0.3, 0.4) is 0 Å². The predicted octanol–water partition coefficient (Wildman–Crippen LogP) is 7.09. The van der Waals surface area contributed by atoms with Crippen molar-refractivity contribution < 1.29 is 19.4 Å². The molecular weight excluding hydrogens is 376 g/mol. The molecule has 1 fully saturated rings. The van der Waals surface area contributed by atoms with Gasteiger partial charge in [0.05, 0.1) is 6.10 Å². The van der Waals surface area contributed by atoms with Crippen molar-refractivity contribution in [3.05, 3.63) is 63.7 Å². The van der Waals surface area contributed by atoms with Gasteiger partial charge in [0.2, 0.25) is 0 Å². The smallest absolute Gasteiger partial charge is 0.490 e. The van der Waals surface area contributed by atoms with E-state index in [2.05, 4.69) is 52.8 Å². The van der Waals surface area contributed by atoms with E-state index in [1.54, 1.807) is 0 Å². The van der Waals surface area contributed by atoms with Gasteiger partial charge in [-0.15, -0.1) is 0 Å². The molecule has 0 radical (unpaired) electrons. The highest BCUT2D eigenvalue weighted by Crippen LogP contribution is 2.36. The summed E-state index contributed by atoms with van der Waals surface area (Å²) in [5.41, 5.74) is 7.03. The zero-order valence-electron chi connectivity index (χ0n) is 18.8. The van der Waals surface area contributed by atoms with E-state index in [0.717, 1.165) is 35.3 Å². The van der Waals surface area contributed by atoms with Crippen LogP contribution in [0.15, 0.2) is 30.3 Å². The molecular formula is C26H34O4. The van der Waals surface area contributed by atoms with Gasteiger partial charge in [-0.1, -0.05) is 45.0 Å². The van der Waals surface area contributed by atoms with Crippen molar-refractivity contribution in [1.29, 1.82) is 0 Å². The maximum absolute atomic E-state index is 10.7. The second-order valence-corrected chi connectivity index (χ2v) is 8.90. The summed E-state index contributed by atoms with van der Waals surface area (Å²) in [5.74, 6) is 1.66. The van der Waals surface area contributed by atoms with Crippen LogP contribution >= 0.6 is 0 Å². The second kappa shape index (κ2) is 9.55. The number of hydrogen-bond acceptors (Lipinski definition) is 3. The van der Waals surface area contributed by atoms with E-state index in [1.165, 1.54) is 29.5 Å². The molecule has 1 N–H and O–H groups in total. The Morgan fingerprint density at radius 2 is 1.70 bits per heavy atom. The summed E-state index contributed by atoms with van der Waals surface area (Å²) >= 11 is 0. The van der Waals surface area contributed by atoms with Gasteiger partial charge >= 0.3 is 6.16 Å². The van der Waals surface area contributed by atoms with Crippen molar-refractivity contribution in [1.82, 2.24) is 0 Å². The van der Waals surface area contributed by atoms with Crippen LogP contribution < -0.4 is 4.74 Å². The van der Waals surface area contributed by atoms with E-state index in [9.17, 15) is 4.79 Å². The number of aryl methyl sites for hydroxylation is 2. The van der Waals surface area contributed by atoms with E-state index >= 15 is 0 Å². The standard InChI is InChI=1S/C26H34O4/c1-16(2)23-14-21(10-11-24(23)30-22-8-6-7-9-22)19(5)25-17(3)12-20(13-18(25)4)15-29-26(27)28/h10-14,16,19,22H,6-9,15H2,1-5H3,(H,27,28). The normalized spacial score (nSPS) is 15.4. The summed E-state index contributed by atoms with van der Waals surface area (Å²) in [7, 11) is 0. The minimum atomic E-state index is -1.25. The molecule has 162 valence electrons. The van der Waals surface area contributed by atoms with Gasteiger partial charge in [0.1, 0.15) is 12.4 Å². The lowest BCUT2D eigenvalue weighted by molar-refractivity contribution is 0.0853. The van der Waals surface area contributed by atoms with Crippen LogP contribution in [0.25, 0.3) is 0 Å². The molecule has 0 spiro atoms. The molecule has 1 aliphatic rings. The summed E-state index contributed by atoms with van der Waals surface area (Å²) in [6.45, 7) is 10.9. The molecule has 4 heteroatoms. The Labute approximate surface area is 180 Å². The molecule has 0 aromatic heterocycles. The zero-order chi connectivity index (χ0) is 21.8. The van der Waals surface area contributed by atoms with Crippen LogP contribution in [0, 0.1) is 13.8 Å². The highest BCUT2D eigenvalue weighted by Gasteiger charge is 2.21. The Morgan fingerprint density at radius 3 is 2.27 bits per heavy atom. The molecule has 0 bridgehead atoms. The Hall–Kier alpha value is -2.49. The Balaban J connectivity index is 1.87. The van der Waals surface area contributed by atoms with Crippen LogP contribution in [0.1, 0.15) is 91.7 Å². The van der Waals surface area contributed by atoms with Gasteiger partial charge in [-0.2, -0.15) is 0 Å². The number of benzene rings is 2. The third kappa shape index (κ3) is 5.16. The van der Waals surface area contributed by atoms with Crippen LogP contribution in [0.5, 0.6) is 5.75 Å². The number of ether oxygens (including phenoxy) is 2. The third-order valence-electron chi connectivity index (χ3n) is 6.20. The number of carbonyl (C=O) groups is 1. The lowest BCUT2D eigenvalue weighted by Crippen LogP contribution is -2.13. The maximum atomic E-state index is 10.7. The van der Waals surface area contributed by atoms with E-state index in [4.69, 9.17) is 14.6 Å². The number of carboxylic acid groups (broad SMARTS) is 1. The fraction of sp³-hybridized carbons (Fsp3) is 0.500. The fourth-order valence-corrected chi connectivity index (χ4v) is 4.72. The van der Waals surface area contributed by atoms with Gasteiger partial charge in [0.15, 0.2) is 0 Å². The Bertz CT molecular complexity index is 871. The van der Waals surface area contributed by atoms with E-state index < -0.39 is 6.16 Å². The monoisotopic (exact) mass is 410 g/mol. The summed E-state index contributed by atoms with van der Waals surface area (Å²) in [5, 5.41) is 8.76. The van der Waals surface area contributed by atoms with Gasteiger partial charge in [0, 0.05) is 5.92 Å². The van der Waals surface area contributed by atoms with Crippen molar-refractivity contribution in [3.63, 3.8) is 0 Å². The summed E-state index contributed by atoms with van der Waals surface area (Å²) in [6, 6.07) is 10.7. The minimum Gasteiger partial charge on any atom is -0.490 e.